The molecule has 0 aliphatic carbocycles. The van der Waals surface area contributed by atoms with Crippen LogP contribution in [-0.2, 0) is 6.42 Å². The van der Waals surface area contributed by atoms with Gasteiger partial charge in [-0.3, -0.25) is 0 Å². The first-order chi connectivity index (χ1) is 8.70. The van der Waals surface area contributed by atoms with Crippen molar-refractivity contribution >= 4 is 11.0 Å². The summed E-state index contributed by atoms with van der Waals surface area (Å²) in [5, 5.41) is 9.75. The first-order valence-electron chi connectivity index (χ1n) is 6.02. The molecule has 1 aromatic heterocycles. The predicted molar refractivity (Wildman–Crippen MR) is 70.8 cm³/mol. The van der Waals surface area contributed by atoms with Gasteiger partial charge in [0.05, 0.1) is 6.61 Å². The fraction of sp³-hybridized carbons (Fsp3) is 0.357. The summed E-state index contributed by atoms with van der Waals surface area (Å²) in [5.74, 6) is 0. The van der Waals surface area contributed by atoms with Gasteiger partial charge in [0, 0.05) is 24.0 Å². The molecule has 4 nitrogen and oxygen atoms in total. The summed E-state index contributed by atoms with van der Waals surface area (Å²) in [6, 6.07) is 9.37. The molecule has 0 atom stereocenters. The van der Waals surface area contributed by atoms with Gasteiger partial charge in [0.25, 0.3) is 0 Å². The van der Waals surface area contributed by atoms with Crippen molar-refractivity contribution in [3.8, 4) is 0 Å². The number of fused-ring (bicyclic) bond motifs is 1. The molecule has 1 aromatic carbocycles. The number of para-hydroxylation sites is 1. The van der Waals surface area contributed by atoms with Crippen LogP contribution in [0.4, 0.5) is 0 Å². The molecule has 0 bridgehead atoms. The van der Waals surface area contributed by atoms with E-state index in [1.54, 1.807) is 6.07 Å². The van der Waals surface area contributed by atoms with Gasteiger partial charge in [-0.15, -0.1) is 0 Å². The van der Waals surface area contributed by atoms with Crippen LogP contribution in [0, 0.1) is 0 Å². The Hall–Kier alpha value is -1.65. The molecular formula is C14H17NO3. The van der Waals surface area contributed by atoms with Crippen LogP contribution in [0.1, 0.15) is 5.56 Å². The lowest BCUT2D eigenvalue weighted by atomic mass is 10.1. The molecule has 96 valence electrons. The van der Waals surface area contributed by atoms with E-state index in [4.69, 9.17) is 9.52 Å². The highest BCUT2D eigenvalue weighted by Crippen LogP contribution is 2.12. The van der Waals surface area contributed by atoms with Gasteiger partial charge in [-0.1, -0.05) is 18.2 Å². The van der Waals surface area contributed by atoms with Crippen LogP contribution in [0.2, 0.25) is 0 Å². The number of rotatable bonds is 5. The fourth-order valence-corrected chi connectivity index (χ4v) is 1.87. The molecule has 0 amide bonds. The van der Waals surface area contributed by atoms with Crippen LogP contribution < -0.4 is 5.63 Å². The number of aliphatic hydroxyl groups excluding tert-OH is 1. The molecule has 2 aromatic rings. The Morgan fingerprint density at radius 3 is 2.83 bits per heavy atom. The average molecular weight is 247 g/mol. The maximum atomic E-state index is 11.8. The number of hydrogen-bond acceptors (Lipinski definition) is 4. The highest BCUT2D eigenvalue weighted by atomic mass is 16.4. The van der Waals surface area contributed by atoms with Crippen molar-refractivity contribution < 1.29 is 9.52 Å². The zero-order chi connectivity index (χ0) is 13.0. The van der Waals surface area contributed by atoms with E-state index in [0.29, 0.717) is 24.1 Å². The predicted octanol–water partition coefficient (Wildman–Crippen LogP) is 1.26. The van der Waals surface area contributed by atoms with Gasteiger partial charge in [0.15, 0.2) is 0 Å². The van der Waals surface area contributed by atoms with E-state index >= 15 is 0 Å². The van der Waals surface area contributed by atoms with Crippen molar-refractivity contribution in [3.05, 3.63) is 46.3 Å². The van der Waals surface area contributed by atoms with Gasteiger partial charge >= 0.3 is 5.63 Å². The van der Waals surface area contributed by atoms with Gasteiger partial charge in [0.2, 0.25) is 0 Å². The standard InChI is InChI=1S/C14H17NO3/c1-15(8-9-16)7-6-12-10-11-4-2-3-5-13(11)18-14(12)17/h2-5,10,16H,6-9H2,1H3. The summed E-state index contributed by atoms with van der Waals surface area (Å²) >= 11 is 0. The van der Waals surface area contributed by atoms with E-state index in [-0.39, 0.29) is 12.2 Å². The summed E-state index contributed by atoms with van der Waals surface area (Å²) in [5.41, 5.74) is 1.03. The lowest BCUT2D eigenvalue weighted by molar-refractivity contribution is 0.222. The van der Waals surface area contributed by atoms with Crippen molar-refractivity contribution in [2.45, 2.75) is 6.42 Å². The lowest BCUT2D eigenvalue weighted by Gasteiger charge is -2.14. The Morgan fingerprint density at radius 2 is 2.06 bits per heavy atom. The SMILES string of the molecule is CN(CCO)CCc1cc2ccccc2oc1=O. The summed E-state index contributed by atoms with van der Waals surface area (Å²) in [7, 11) is 1.92. The summed E-state index contributed by atoms with van der Waals surface area (Å²) in [4.78, 5) is 13.7. The molecule has 0 saturated carbocycles. The van der Waals surface area contributed by atoms with Gasteiger partial charge < -0.3 is 14.4 Å². The monoisotopic (exact) mass is 247 g/mol. The molecule has 0 aliphatic heterocycles. The van der Waals surface area contributed by atoms with Crippen molar-refractivity contribution in [3.63, 3.8) is 0 Å². The van der Waals surface area contributed by atoms with Crippen LogP contribution in [-0.4, -0.2) is 36.8 Å². The van der Waals surface area contributed by atoms with Crippen molar-refractivity contribution in [1.82, 2.24) is 4.90 Å². The van der Waals surface area contributed by atoms with E-state index < -0.39 is 0 Å². The minimum absolute atomic E-state index is 0.128. The third kappa shape index (κ3) is 2.97. The molecule has 2 rings (SSSR count). The molecule has 4 heteroatoms. The van der Waals surface area contributed by atoms with E-state index in [1.807, 2.05) is 36.2 Å². The first-order valence-corrected chi connectivity index (χ1v) is 6.02. The van der Waals surface area contributed by atoms with Crippen molar-refractivity contribution in [1.29, 1.82) is 0 Å². The van der Waals surface area contributed by atoms with E-state index in [2.05, 4.69) is 0 Å². The minimum Gasteiger partial charge on any atom is -0.423 e. The van der Waals surface area contributed by atoms with Crippen LogP contribution >= 0.6 is 0 Å². The number of aliphatic hydroxyl groups is 1. The molecule has 0 unspecified atom stereocenters. The minimum atomic E-state index is -0.272. The molecule has 18 heavy (non-hydrogen) atoms. The summed E-state index contributed by atoms with van der Waals surface area (Å²) < 4.78 is 5.26. The zero-order valence-electron chi connectivity index (χ0n) is 10.4. The number of nitrogens with zero attached hydrogens (tertiary/aromatic N) is 1. The lowest BCUT2D eigenvalue weighted by Crippen LogP contribution is -2.25. The topological polar surface area (TPSA) is 53.7 Å². The van der Waals surface area contributed by atoms with E-state index in [1.165, 1.54) is 0 Å². The molecule has 0 spiro atoms. The Balaban J connectivity index is 2.18. The average Bonchev–Trinajstić information content (AvgIpc) is 2.36. The molecule has 0 radical (unpaired) electrons. The normalized spacial score (nSPS) is 11.3. The zero-order valence-corrected chi connectivity index (χ0v) is 10.4. The molecule has 1 heterocycles. The third-order valence-corrected chi connectivity index (χ3v) is 2.96. The van der Waals surface area contributed by atoms with Crippen molar-refractivity contribution in [2.24, 2.45) is 0 Å². The second kappa shape index (κ2) is 5.80. The Kier molecular flexibility index (Phi) is 4.12. The van der Waals surface area contributed by atoms with Crippen molar-refractivity contribution in [2.75, 3.05) is 26.7 Å². The molecular weight excluding hydrogens is 230 g/mol. The number of hydrogen-bond donors (Lipinski definition) is 1. The molecule has 1 N–H and O–H groups in total. The van der Waals surface area contributed by atoms with Crippen LogP contribution in [0.15, 0.2) is 39.5 Å². The van der Waals surface area contributed by atoms with Gasteiger partial charge in [-0.05, 0) is 25.6 Å². The Bertz CT molecular complexity index is 577. The van der Waals surface area contributed by atoms with E-state index in [0.717, 1.165) is 11.9 Å². The summed E-state index contributed by atoms with van der Waals surface area (Å²) in [6.45, 7) is 1.46. The number of likely N-dealkylation sites (N-methyl/N-ethyl adjacent to an activating group) is 1. The quantitative estimate of drug-likeness (QED) is 0.808. The van der Waals surface area contributed by atoms with Crippen LogP contribution in [0.5, 0.6) is 0 Å². The molecule has 0 fully saturated rings. The fourth-order valence-electron chi connectivity index (χ4n) is 1.87. The third-order valence-electron chi connectivity index (χ3n) is 2.96. The van der Waals surface area contributed by atoms with E-state index in [9.17, 15) is 4.79 Å². The largest absolute Gasteiger partial charge is 0.423 e. The maximum Gasteiger partial charge on any atom is 0.339 e. The van der Waals surface area contributed by atoms with Gasteiger partial charge in [-0.2, -0.15) is 0 Å². The Labute approximate surface area is 105 Å². The molecule has 0 aliphatic rings. The maximum absolute atomic E-state index is 11.8. The molecule has 0 saturated heterocycles. The highest BCUT2D eigenvalue weighted by molar-refractivity contribution is 5.76. The second-order valence-corrected chi connectivity index (χ2v) is 4.37. The van der Waals surface area contributed by atoms with Crippen LogP contribution in [0.3, 0.4) is 0 Å². The highest BCUT2D eigenvalue weighted by Gasteiger charge is 2.06. The number of benzene rings is 1. The van der Waals surface area contributed by atoms with Gasteiger partial charge in [0.1, 0.15) is 5.58 Å². The Morgan fingerprint density at radius 1 is 1.28 bits per heavy atom. The van der Waals surface area contributed by atoms with Crippen LogP contribution in [0.25, 0.3) is 11.0 Å². The van der Waals surface area contributed by atoms with Gasteiger partial charge in [-0.25, -0.2) is 4.79 Å². The smallest absolute Gasteiger partial charge is 0.339 e. The second-order valence-electron chi connectivity index (χ2n) is 4.37. The summed E-state index contributed by atoms with van der Waals surface area (Å²) in [6.07, 6.45) is 0.629. The first kappa shape index (κ1) is 12.8.